The maximum Gasteiger partial charge on any atom is 0.294 e. The summed E-state index contributed by atoms with van der Waals surface area (Å²) in [6.45, 7) is 4.06. The minimum atomic E-state index is -0.295. The van der Waals surface area contributed by atoms with E-state index in [4.69, 9.17) is 9.47 Å². The first-order chi connectivity index (χ1) is 9.20. The first-order valence-electron chi connectivity index (χ1n) is 6.35. The summed E-state index contributed by atoms with van der Waals surface area (Å²) < 4.78 is 24.3. The van der Waals surface area contributed by atoms with Gasteiger partial charge >= 0.3 is 0 Å². The molecule has 5 nitrogen and oxygen atoms in total. The second kappa shape index (κ2) is 5.14. The number of benzene rings is 1. The Morgan fingerprint density at radius 1 is 1.47 bits per heavy atom. The number of ether oxygens (including phenoxy) is 2. The van der Waals surface area contributed by atoms with Crippen LogP contribution in [0.3, 0.4) is 0 Å². The molecule has 1 aromatic carbocycles. The van der Waals surface area contributed by atoms with Gasteiger partial charge in [0.1, 0.15) is 18.5 Å². The monoisotopic (exact) mass is 265 g/mol. The number of imidazole rings is 1. The summed E-state index contributed by atoms with van der Waals surface area (Å²) in [5.41, 5.74) is 1.32. The van der Waals surface area contributed by atoms with Crippen molar-refractivity contribution in [3.63, 3.8) is 0 Å². The van der Waals surface area contributed by atoms with E-state index in [0.717, 1.165) is 13.1 Å². The minimum absolute atomic E-state index is 0.00805. The smallest absolute Gasteiger partial charge is 0.294 e. The van der Waals surface area contributed by atoms with Gasteiger partial charge in [0.15, 0.2) is 0 Å². The standard InChI is InChI=1S/C13H16FN3O2/c1-8-5-15-6-10(19-8)7-18-13-16-11-3-2-9(14)4-12(11)17-13/h2-4,8,10,15H,5-7H2,1H3,(H,16,17). The van der Waals surface area contributed by atoms with E-state index in [1.807, 2.05) is 6.92 Å². The zero-order valence-electron chi connectivity index (χ0n) is 10.6. The van der Waals surface area contributed by atoms with Crippen molar-refractivity contribution in [3.8, 4) is 6.01 Å². The van der Waals surface area contributed by atoms with E-state index in [9.17, 15) is 4.39 Å². The van der Waals surface area contributed by atoms with Gasteiger partial charge in [0.2, 0.25) is 0 Å². The third-order valence-corrected chi connectivity index (χ3v) is 3.06. The van der Waals surface area contributed by atoms with Crippen LogP contribution < -0.4 is 10.1 Å². The lowest BCUT2D eigenvalue weighted by molar-refractivity contribution is -0.0481. The summed E-state index contributed by atoms with van der Waals surface area (Å²) in [7, 11) is 0. The van der Waals surface area contributed by atoms with Gasteiger partial charge in [-0.25, -0.2) is 4.39 Å². The highest BCUT2D eigenvalue weighted by Gasteiger charge is 2.19. The van der Waals surface area contributed by atoms with Gasteiger partial charge in [-0.05, 0) is 25.1 Å². The number of nitrogens with zero attached hydrogens (tertiary/aromatic N) is 1. The Morgan fingerprint density at radius 3 is 3.21 bits per heavy atom. The van der Waals surface area contributed by atoms with Crippen molar-refractivity contribution in [2.45, 2.75) is 19.1 Å². The van der Waals surface area contributed by atoms with Crippen LogP contribution in [0.4, 0.5) is 4.39 Å². The second-order valence-corrected chi connectivity index (χ2v) is 4.74. The Labute approximate surface area is 110 Å². The van der Waals surface area contributed by atoms with Crippen LogP contribution in [0.15, 0.2) is 18.2 Å². The molecule has 6 heteroatoms. The summed E-state index contributed by atoms with van der Waals surface area (Å²) in [6, 6.07) is 4.79. The molecule has 19 heavy (non-hydrogen) atoms. The van der Waals surface area contributed by atoms with Crippen molar-refractivity contribution in [2.75, 3.05) is 19.7 Å². The first kappa shape index (κ1) is 12.4. The third kappa shape index (κ3) is 2.85. The van der Waals surface area contributed by atoms with Crippen molar-refractivity contribution in [1.29, 1.82) is 0 Å². The number of hydrogen-bond acceptors (Lipinski definition) is 4. The molecule has 2 heterocycles. The van der Waals surface area contributed by atoms with Crippen LogP contribution in [0.1, 0.15) is 6.92 Å². The summed E-state index contributed by atoms with van der Waals surface area (Å²) >= 11 is 0. The molecule has 1 aliphatic heterocycles. The highest BCUT2D eigenvalue weighted by Crippen LogP contribution is 2.17. The van der Waals surface area contributed by atoms with E-state index in [0.29, 0.717) is 23.7 Å². The van der Waals surface area contributed by atoms with Crippen molar-refractivity contribution in [1.82, 2.24) is 15.3 Å². The molecule has 2 N–H and O–H groups in total. The third-order valence-electron chi connectivity index (χ3n) is 3.06. The van der Waals surface area contributed by atoms with Crippen LogP contribution in [0, 0.1) is 5.82 Å². The van der Waals surface area contributed by atoms with Crippen LogP contribution in [-0.4, -0.2) is 41.9 Å². The number of hydrogen-bond donors (Lipinski definition) is 2. The highest BCUT2D eigenvalue weighted by atomic mass is 19.1. The van der Waals surface area contributed by atoms with Gasteiger partial charge in [0, 0.05) is 13.1 Å². The largest absolute Gasteiger partial charge is 0.462 e. The normalized spacial score (nSPS) is 23.7. The van der Waals surface area contributed by atoms with E-state index in [2.05, 4.69) is 15.3 Å². The predicted octanol–water partition coefficient (Wildman–Crippen LogP) is 1.46. The van der Waals surface area contributed by atoms with Gasteiger partial charge in [-0.3, -0.25) is 0 Å². The minimum Gasteiger partial charge on any atom is -0.462 e. The van der Waals surface area contributed by atoms with Crippen molar-refractivity contribution in [3.05, 3.63) is 24.0 Å². The van der Waals surface area contributed by atoms with Gasteiger partial charge in [-0.2, -0.15) is 4.98 Å². The number of halogens is 1. The molecule has 2 unspecified atom stereocenters. The van der Waals surface area contributed by atoms with Gasteiger partial charge in [-0.15, -0.1) is 0 Å². The first-order valence-corrected chi connectivity index (χ1v) is 6.35. The molecule has 2 aromatic rings. The fourth-order valence-corrected chi connectivity index (χ4v) is 2.17. The second-order valence-electron chi connectivity index (χ2n) is 4.74. The number of H-pyrrole nitrogens is 1. The van der Waals surface area contributed by atoms with E-state index in [1.54, 1.807) is 6.07 Å². The molecule has 0 aliphatic carbocycles. The number of nitrogens with one attached hydrogen (secondary N) is 2. The van der Waals surface area contributed by atoms with Gasteiger partial charge in [0.25, 0.3) is 6.01 Å². The van der Waals surface area contributed by atoms with Crippen LogP contribution in [0.5, 0.6) is 6.01 Å². The summed E-state index contributed by atoms with van der Waals surface area (Å²) in [5, 5.41) is 3.27. The van der Waals surface area contributed by atoms with E-state index in [1.165, 1.54) is 12.1 Å². The Morgan fingerprint density at radius 2 is 2.37 bits per heavy atom. The molecule has 102 valence electrons. The van der Waals surface area contributed by atoms with Crippen molar-refractivity contribution >= 4 is 11.0 Å². The quantitative estimate of drug-likeness (QED) is 0.882. The van der Waals surface area contributed by atoms with Crippen LogP contribution in [-0.2, 0) is 4.74 Å². The number of morpholine rings is 1. The molecule has 1 saturated heterocycles. The molecular formula is C13H16FN3O2. The molecular weight excluding hydrogens is 249 g/mol. The Balaban J connectivity index is 1.65. The van der Waals surface area contributed by atoms with Crippen LogP contribution in [0.25, 0.3) is 11.0 Å². The zero-order valence-corrected chi connectivity index (χ0v) is 10.6. The molecule has 2 atom stereocenters. The fraction of sp³-hybridized carbons (Fsp3) is 0.462. The molecule has 3 rings (SSSR count). The lowest BCUT2D eigenvalue weighted by Crippen LogP contribution is -2.45. The number of rotatable bonds is 3. The Hall–Kier alpha value is -1.66. The Bertz CT molecular complexity index is 572. The van der Waals surface area contributed by atoms with E-state index in [-0.39, 0.29) is 18.0 Å². The number of aromatic amines is 1. The number of fused-ring (bicyclic) bond motifs is 1. The summed E-state index contributed by atoms with van der Waals surface area (Å²) in [4.78, 5) is 7.17. The topological polar surface area (TPSA) is 59.2 Å². The molecule has 0 bridgehead atoms. The maximum absolute atomic E-state index is 13.0. The highest BCUT2D eigenvalue weighted by molar-refractivity contribution is 5.75. The van der Waals surface area contributed by atoms with Gasteiger partial charge < -0.3 is 19.8 Å². The summed E-state index contributed by atoms with van der Waals surface area (Å²) in [6.07, 6.45) is 0.195. The average Bonchev–Trinajstić information content (AvgIpc) is 2.78. The molecule has 1 aliphatic rings. The molecule has 0 saturated carbocycles. The SMILES string of the molecule is CC1CNCC(COc2nc3ccc(F)cc3[nH]2)O1. The zero-order chi connectivity index (χ0) is 13.2. The molecule has 1 fully saturated rings. The molecule has 1 aromatic heterocycles. The van der Waals surface area contributed by atoms with E-state index >= 15 is 0 Å². The van der Waals surface area contributed by atoms with Gasteiger partial charge in [0.05, 0.1) is 17.1 Å². The average molecular weight is 265 g/mol. The lowest BCUT2D eigenvalue weighted by Gasteiger charge is -2.28. The molecule has 0 amide bonds. The predicted molar refractivity (Wildman–Crippen MR) is 68.8 cm³/mol. The van der Waals surface area contributed by atoms with Crippen molar-refractivity contribution < 1.29 is 13.9 Å². The van der Waals surface area contributed by atoms with Gasteiger partial charge in [-0.1, -0.05) is 0 Å². The number of aromatic nitrogens is 2. The maximum atomic E-state index is 13.0. The van der Waals surface area contributed by atoms with E-state index < -0.39 is 0 Å². The van der Waals surface area contributed by atoms with Crippen LogP contribution in [0.2, 0.25) is 0 Å². The molecule has 0 radical (unpaired) electrons. The fourth-order valence-electron chi connectivity index (χ4n) is 2.17. The van der Waals surface area contributed by atoms with Crippen molar-refractivity contribution in [2.24, 2.45) is 0 Å². The lowest BCUT2D eigenvalue weighted by atomic mass is 10.2. The molecule has 0 spiro atoms. The summed E-state index contributed by atoms with van der Waals surface area (Å²) in [5.74, 6) is -0.295. The van der Waals surface area contributed by atoms with Crippen LogP contribution >= 0.6 is 0 Å². The Kier molecular flexibility index (Phi) is 3.35.